The molecule has 3 rings (SSSR count). The van der Waals surface area contributed by atoms with Gasteiger partial charge in [0.25, 0.3) is 0 Å². The van der Waals surface area contributed by atoms with Gasteiger partial charge in [0.15, 0.2) is 5.96 Å². The molecule has 4 atom stereocenters. The number of nitrogens with zero attached hydrogens (tertiary/aromatic N) is 1. The van der Waals surface area contributed by atoms with E-state index in [1.807, 2.05) is 24.3 Å². The van der Waals surface area contributed by atoms with Crippen LogP contribution in [0.15, 0.2) is 35.5 Å². The Morgan fingerprint density at radius 1 is 0.976 bits per heavy atom. The number of hydrogen-bond donors (Lipinski definition) is 9. The smallest absolute Gasteiger partial charge is 0.326 e. The predicted octanol–water partition coefficient (Wildman–Crippen LogP) is -1.68. The predicted molar refractivity (Wildman–Crippen MR) is 155 cm³/mol. The molecule has 4 amide bonds. The van der Waals surface area contributed by atoms with Crippen molar-refractivity contribution in [1.82, 2.24) is 26.3 Å². The first-order valence-corrected chi connectivity index (χ1v) is 13.8. The van der Waals surface area contributed by atoms with Crippen molar-refractivity contribution in [2.75, 3.05) is 13.1 Å². The van der Waals surface area contributed by atoms with Gasteiger partial charge in [0.1, 0.15) is 18.1 Å². The second kappa shape index (κ2) is 15.4. The van der Waals surface area contributed by atoms with Crippen LogP contribution < -0.4 is 38.5 Å². The molecule has 15 nitrogen and oxygen atoms in total. The van der Waals surface area contributed by atoms with Crippen molar-refractivity contribution >= 4 is 46.5 Å². The summed E-state index contributed by atoms with van der Waals surface area (Å²) < 4.78 is 0. The zero-order chi connectivity index (χ0) is 30.6. The number of nitrogens with one attached hydrogen (secondary N) is 5. The summed E-state index contributed by atoms with van der Waals surface area (Å²) in [6, 6.07) is 3.22. The number of carbonyl (C=O) groups excluding carboxylic acids is 4. The molecule has 0 spiro atoms. The van der Waals surface area contributed by atoms with Crippen molar-refractivity contribution in [3.8, 4) is 0 Å². The van der Waals surface area contributed by atoms with E-state index in [1.54, 1.807) is 6.20 Å². The maximum atomic E-state index is 13.4. The number of aliphatic imine (C=N–C) groups is 1. The standard InChI is InChI=1S/C27H39N9O6/c28-22(37)10-9-20(25(40)36-21(26(41)42)13-15-14-33-17-6-2-1-5-16(15)17)35-24(39)19(8-4-12-32-27(29)30)34-23(38)18-7-3-11-31-18/h1-2,5-6,14,18-21,31,33H,3-4,7-13H2,(H2,28,37)(H,34,38)(H,35,39)(H,36,40)(H,41,42)(H4,29,30,32). The van der Waals surface area contributed by atoms with E-state index in [4.69, 9.17) is 17.2 Å². The van der Waals surface area contributed by atoms with E-state index in [0.29, 0.717) is 24.9 Å². The minimum atomic E-state index is -1.33. The number of benzene rings is 1. The molecule has 1 aliphatic heterocycles. The molecule has 4 unspecified atom stereocenters. The highest BCUT2D eigenvalue weighted by atomic mass is 16.4. The molecule has 0 aliphatic carbocycles. The summed E-state index contributed by atoms with van der Waals surface area (Å²) in [4.78, 5) is 70.0. The lowest BCUT2D eigenvalue weighted by Gasteiger charge is -2.25. The minimum Gasteiger partial charge on any atom is -0.480 e. The number of guanidine groups is 1. The number of para-hydroxylation sites is 1. The van der Waals surface area contributed by atoms with Gasteiger partial charge in [-0.25, -0.2) is 4.79 Å². The summed E-state index contributed by atoms with van der Waals surface area (Å²) in [7, 11) is 0. The van der Waals surface area contributed by atoms with E-state index in [1.165, 1.54) is 0 Å². The second-order valence-corrected chi connectivity index (χ2v) is 10.2. The van der Waals surface area contributed by atoms with Crippen LogP contribution in [0.3, 0.4) is 0 Å². The van der Waals surface area contributed by atoms with Crippen LogP contribution in [0, 0.1) is 0 Å². The second-order valence-electron chi connectivity index (χ2n) is 10.2. The Balaban J connectivity index is 1.73. The molecule has 12 N–H and O–H groups in total. The van der Waals surface area contributed by atoms with Crippen molar-refractivity contribution in [2.45, 2.75) is 69.1 Å². The Labute approximate surface area is 242 Å². The third kappa shape index (κ3) is 9.47. The minimum absolute atomic E-state index is 0.0283. The van der Waals surface area contributed by atoms with Gasteiger partial charge in [0, 0.05) is 36.5 Å². The molecule has 1 aliphatic rings. The largest absolute Gasteiger partial charge is 0.480 e. The van der Waals surface area contributed by atoms with Gasteiger partial charge in [0.05, 0.1) is 6.04 Å². The average Bonchev–Trinajstić information content (AvgIpc) is 3.62. The Morgan fingerprint density at radius 2 is 1.67 bits per heavy atom. The van der Waals surface area contributed by atoms with E-state index in [9.17, 15) is 29.1 Å². The number of nitrogens with two attached hydrogens (primary N) is 3. The van der Waals surface area contributed by atoms with E-state index >= 15 is 0 Å². The summed E-state index contributed by atoms with van der Waals surface area (Å²) in [5.74, 6) is -3.94. The number of amides is 4. The van der Waals surface area contributed by atoms with Crippen LogP contribution in [0.5, 0.6) is 0 Å². The SMILES string of the molecule is NC(=O)CCC(NC(=O)C(CCCN=C(N)N)NC(=O)C1CCCN1)C(=O)NC(Cc1c[nH]c2ccccc12)C(=O)O. The Bertz CT molecular complexity index is 1300. The molecule has 1 saturated heterocycles. The van der Waals surface area contributed by atoms with E-state index < -0.39 is 47.9 Å². The van der Waals surface area contributed by atoms with E-state index in [2.05, 4.69) is 31.2 Å². The summed E-state index contributed by atoms with van der Waals surface area (Å²) >= 11 is 0. The molecular formula is C27H39N9O6. The molecule has 1 fully saturated rings. The molecule has 42 heavy (non-hydrogen) atoms. The normalized spacial score (nSPS) is 16.6. The van der Waals surface area contributed by atoms with Gasteiger partial charge in [0.2, 0.25) is 23.6 Å². The fraction of sp³-hybridized carbons (Fsp3) is 0.481. The van der Waals surface area contributed by atoms with Crippen molar-refractivity contribution in [2.24, 2.45) is 22.2 Å². The molecule has 0 bridgehead atoms. The molecule has 15 heteroatoms. The van der Waals surface area contributed by atoms with Crippen LogP contribution in [0.4, 0.5) is 0 Å². The number of H-pyrrole nitrogens is 1. The molecule has 0 saturated carbocycles. The molecule has 1 aromatic carbocycles. The maximum Gasteiger partial charge on any atom is 0.326 e. The van der Waals surface area contributed by atoms with Crippen molar-refractivity contribution < 1.29 is 29.1 Å². The van der Waals surface area contributed by atoms with Crippen molar-refractivity contribution in [1.29, 1.82) is 0 Å². The van der Waals surface area contributed by atoms with Gasteiger partial charge in [-0.2, -0.15) is 0 Å². The Hall–Kier alpha value is -4.66. The fourth-order valence-electron chi connectivity index (χ4n) is 4.77. The zero-order valence-electron chi connectivity index (χ0n) is 23.2. The lowest BCUT2D eigenvalue weighted by Crippen LogP contribution is -2.57. The van der Waals surface area contributed by atoms with Crippen LogP contribution in [0.25, 0.3) is 10.9 Å². The molecule has 228 valence electrons. The van der Waals surface area contributed by atoms with Crippen molar-refractivity contribution in [3.05, 3.63) is 36.0 Å². The van der Waals surface area contributed by atoms with E-state index in [0.717, 1.165) is 17.3 Å². The number of aromatic nitrogens is 1. The van der Waals surface area contributed by atoms with Crippen molar-refractivity contribution in [3.63, 3.8) is 0 Å². The van der Waals surface area contributed by atoms with Gasteiger partial charge in [-0.05, 0) is 50.3 Å². The first-order chi connectivity index (χ1) is 20.0. The van der Waals surface area contributed by atoms with Crippen LogP contribution in [-0.4, -0.2) is 82.9 Å². The van der Waals surface area contributed by atoms with Crippen LogP contribution in [-0.2, 0) is 30.4 Å². The zero-order valence-corrected chi connectivity index (χ0v) is 23.2. The number of primary amides is 1. The van der Waals surface area contributed by atoms with Gasteiger partial charge >= 0.3 is 5.97 Å². The topological polar surface area (TPSA) is 260 Å². The summed E-state index contributed by atoms with van der Waals surface area (Å²) in [5, 5.41) is 21.5. The third-order valence-corrected chi connectivity index (χ3v) is 6.98. The Kier molecular flexibility index (Phi) is 11.7. The highest BCUT2D eigenvalue weighted by Crippen LogP contribution is 2.19. The third-order valence-electron chi connectivity index (χ3n) is 6.98. The van der Waals surface area contributed by atoms with Gasteiger partial charge in [-0.3, -0.25) is 24.2 Å². The van der Waals surface area contributed by atoms with Gasteiger partial charge in [-0.15, -0.1) is 0 Å². The number of carboxylic acids is 1. The highest BCUT2D eigenvalue weighted by molar-refractivity contribution is 5.94. The summed E-state index contributed by atoms with van der Waals surface area (Å²) in [6.07, 6.45) is 3.16. The number of hydrogen-bond acceptors (Lipinski definition) is 7. The maximum absolute atomic E-state index is 13.4. The van der Waals surface area contributed by atoms with Crippen LogP contribution >= 0.6 is 0 Å². The molecule has 2 heterocycles. The van der Waals surface area contributed by atoms with Gasteiger partial charge < -0.3 is 48.6 Å². The first kappa shape index (κ1) is 31.9. The number of fused-ring (bicyclic) bond motifs is 1. The number of carboxylic acid groups (broad SMARTS) is 1. The number of aromatic amines is 1. The average molecular weight is 586 g/mol. The summed E-state index contributed by atoms with van der Waals surface area (Å²) in [5.41, 5.74) is 17.5. The van der Waals surface area contributed by atoms with Gasteiger partial charge in [-0.1, -0.05) is 18.2 Å². The molecule has 0 radical (unpaired) electrons. The quantitative estimate of drug-likeness (QED) is 0.0618. The van der Waals surface area contributed by atoms with Crippen LogP contribution in [0.1, 0.15) is 44.1 Å². The number of rotatable bonds is 16. The first-order valence-electron chi connectivity index (χ1n) is 13.8. The lowest BCUT2D eigenvalue weighted by molar-refractivity contribution is -0.142. The van der Waals surface area contributed by atoms with Crippen LogP contribution in [0.2, 0.25) is 0 Å². The molecule has 2 aromatic rings. The number of carbonyl (C=O) groups is 5. The fourth-order valence-corrected chi connectivity index (χ4v) is 4.77. The lowest BCUT2D eigenvalue weighted by atomic mass is 10.0. The Morgan fingerprint density at radius 3 is 2.31 bits per heavy atom. The van der Waals surface area contributed by atoms with E-state index in [-0.39, 0.29) is 44.1 Å². The summed E-state index contributed by atoms with van der Waals surface area (Å²) in [6.45, 7) is 0.890. The monoisotopic (exact) mass is 585 g/mol. The number of aliphatic carboxylic acids is 1. The molecular weight excluding hydrogens is 546 g/mol. The highest BCUT2D eigenvalue weighted by Gasteiger charge is 2.31. The molecule has 1 aromatic heterocycles.